The minimum absolute atomic E-state index is 0.293. The second kappa shape index (κ2) is 6.40. The Morgan fingerprint density at radius 2 is 2.24 bits per heavy atom. The number of likely N-dealkylation sites (tertiary alicyclic amines) is 1. The van der Waals surface area contributed by atoms with E-state index in [1.54, 1.807) is 23.1 Å². The summed E-state index contributed by atoms with van der Waals surface area (Å²) in [5, 5.41) is 3.18. The number of aromatic nitrogens is 1. The lowest BCUT2D eigenvalue weighted by Crippen LogP contribution is -2.36. The summed E-state index contributed by atoms with van der Waals surface area (Å²) in [7, 11) is 0. The first kappa shape index (κ1) is 12.9. The Kier molecular flexibility index (Phi) is 4.86. The molecule has 0 spiro atoms. The molecule has 1 aromatic rings. The van der Waals surface area contributed by atoms with Crippen molar-refractivity contribution in [3.8, 4) is 0 Å². The standard InChI is InChI=1S/C12H18N2OS2/c1-10-13-11(8-17-10)7-16-9-12(15)14-5-3-2-4-6-14/h8H,2-7,9H2,1H3. The number of carbonyl (C=O) groups is 1. The molecule has 0 N–H and O–H groups in total. The Morgan fingerprint density at radius 3 is 2.88 bits per heavy atom. The van der Waals surface area contributed by atoms with Gasteiger partial charge in [0.15, 0.2) is 0 Å². The molecule has 0 aliphatic carbocycles. The van der Waals surface area contributed by atoms with Crippen LogP contribution in [0.4, 0.5) is 0 Å². The topological polar surface area (TPSA) is 33.2 Å². The number of carbonyl (C=O) groups excluding carboxylic acids is 1. The summed E-state index contributed by atoms with van der Waals surface area (Å²) in [6.45, 7) is 3.92. The molecule has 1 amide bonds. The highest BCUT2D eigenvalue weighted by Crippen LogP contribution is 2.16. The zero-order chi connectivity index (χ0) is 12.1. The number of hydrogen-bond acceptors (Lipinski definition) is 4. The average molecular weight is 270 g/mol. The smallest absolute Gasteiger partial charge is 0.232 e. The molecule has 1 saturated heterocycles. The average Bonchev–Trinajstić information content (AvgIpc) is 2.76. The van der Waals surface area contributed by atoms with Gasteiger partial charge in [0.2, 0.25) is 5.91 Å². The molecule has 94 valence electrons. The third-order valence-electron chi connectivity index (χ3n) is 2.85. The molecule has 2 heterocycles. The molecule has 1 aliphatic heterocycles. The summed E-state index contributed by atoms with van der Waals surface area (Å²) < 4.78 is 0. The molecule has 1 fully saturated rings. The fourth-order valence-electron chi connectivity index (χ4n) is 1.95. The van der Waals surface area contributed by atoms with Crippen molar-refractivity contribution in [2.75, 3.05) is 18.8 Å². The summed E-state index contributed by atoms with van der Waals surface area (Å²) in [6, 6.07) is 0. The summed E-state index contributed by atoms with van der Waals surface area (Å²) in [6.07, 6.45) is 3.61. The zero-order valence-corrected chi connectivity index (χ0v) is 11.8. The summed E-state index contributed by atoms with van der Waals surface area (Å²) in [4.78, 5) is 18.3. The van der Waals surface area contributed by atoms with Crippen molar-refractivity contribution in [2.24, 2.45) is 0 Å². The van der Waals surface area contributed by atoms with Gasteiger partial charge in [-0.3, -0.25) is 4.79 Å². The van der Waals surface area contributed by atoms with E-state index in [0.29, 0.717) is 11.7 Å². The Morgan fingerprint density at radius 1 is 1.47 bits per heavy atom. The summed E-state index contributed by atoms with van der Waals surface area (Å²) >= 11 is 3.35. The lowest BCUT2D eigenvalue weighted by Gasteiger charge is -2.26. The molecule has 0 bridgehead atoms. The van der Waals surface area contributed by atoms with Crippen LogP contribution in [-0.2, 0) is 10.5 Å². The van der Waals surface area contributed by atoms with Crippen molar-refractivity contribution >= 4 is 29.0 Å². The van der Waals surface area contributed by atoms with Gasteiger partial charge in [-0.05, 0) is 26.2 Å². The van der Waals surface area contributed by atoms with Gasteiger partial charge in [-0.25, -0.2) is 4.98 Å². The van der Waals surface area contributed by atoms with E-state index in [1.807, 2.05) is 11.8 Å². The molecule has 1 aliphatic rings. The van der Waals surface area contributed by atoms with Crippen LogP contribution in [0.15, 0.2) is 5.38 Å². The van der Waals surface area contributed by atoms with Crippen molar-refractivity contribution < 1.29 is 4.79 Å². The van der Waals surface area contributed by atoms with Crippen LogP contribution in [0.2, 0.25) is 0 Å². The molecule has 0 atom stereocenters. The van der Waals surface area contributed by atoms with Crippen molar-refractivity contribution in [1.29, 1.82) is 0 Å². The molecule has 3 nitrogen and oxygen atoms in total. The molecular formula is C12H18N2OS2. The zero-order valence-electron chi connectivity index (χ0n) is 10.1. The van der Waals surface area contributed by atoms with Gasteiger partial charge >= 0.3 is 0 Å². The van der Waals surface area contributed by atoms with Gasteiger partial charge in [0.25, 0.3) is 0 Å². The molecular weight excluding hydrogens is 252 g/mol. The van der Waals surface area contributed by atoms with Crippen molar-refractivity contribution in [1.82, 2.24) is 9.88 Å². The van der Waals surface area contributed by atoms with E-state index < -0.39 is 0 Å². The quantitative estimate of drug-likeness (QED) is 0.843. The SMILES string of the molecule is Cc1nc(CSCC(=O)N2CCCCC2)cs1. The lowest BCUT2D eigenvalue weighted by molar-refractivity contribution is -0.129. The van der Waals surface area contributed by atoms with Crippen LogP contribution in [0.5, 0.6) is 0 Å². The second-order valence-corrected chi connectivity index (χ2v) is 6.34. The van der Waals surface area contributed by atoms with Gasteiger partial charge < -0.3 is 4.90 Å². The van der Waals surface area contributed by atoms with E-state index in [2.05, 4.69) is 10.4 Å². The maximum Gasteiger partial charge on any atom is 0.232 e. The minimum Gasteiger partial charge on any atom is -0.342 e. The number of amides is 1. The summed E-state index contributed by atoms with van der Waals surface area (Å²) in [5.41, 5.74) is 1.10. The van der Waals surface area contributed by atoms with E-state index in [-0.39, 0.29) is 0 Å². The van der Waals surface area contributed by atoms with E-state index in [4.69, 9.17) is 0 Å². The number of rotatable bonds is 4. The highest BCUT2D eigenvalue weighted by atomic mass is 32.2. The lowest BCUT2D eigenvalue weighted by atomic mass is 10.1. The molecule has 1 aromatic heterocycles. The fraction of sp³-hybridized carbons (Fsp3) is 0.667. The van der Waals surface area contributed by atoms with E-state index in [0.717, 1.165) is 29.5 Å². The maximum atomic E-state index is 11.9. The Labute approximate surface area is 111 Å². The van der Waals surface area contributed by atoms with Crippen LogP contribution >= 0.6 is 23.1 Å². The Bertz CT molecular complexity index is 372. The van der Waals surface area contributed by atoms with Crippen molar-refractivity contribution in [3.05, 3.63) is 16.1 Å². The Hall–Kier alpha value is -0.550. The van der Waals surface area contributed by atoms with Gasteiger partial charge in [-0.15, -0.1) is 23.1 Å². The van der Waals surface area contributed by atoms with Crippen LogP contribution in [0, 0.1) is 6.92 Å². The molecule has 17 heavy (non-hydrogen) atoms. The van der Waals surface area contributed by atoms with Crippen LogP contribution in [0.1, 0.15) is 30.0 Å². The van der Waals surface area contributed by atoms with Crippen LogP contribution < -0.4 is 0 Å². The number of thioether (sulfide) groups is 1. The van der Waals surface area contributed by atoms with E-state index in [1.165, 1.54) is 19.3 Å². The number of nitrogens with zero attached hydrogens (tertiary/aromatic N) is 2. The third-order valence-corrected chi connectivity index (χ3v) is 4.62. The van der Waals surface area contributed by atoms with Crippen molar-refractivity contribution in [3.63, 3.8) is 0 Å². The monoisotopic (exact) mass is 270 g/mol. The predicted octanol–water partition coefficient (Wildman–Crippen LogP) is 2.70. The molecule has 0 unspecified atom stereocenters. The molecule has 0 aromatic carbocycles. The number of thiazole rings is 1. The molecule has 5 heteroatoms. The molecule has 0 saturated carbocycles. The molecule has 0 radical (unpaired) electrons. The van der Waals surface area contributed by atoms with E-state index in [9.17, 15) is 4.79 Å². The summed E-state index contributed by atoms with van der Waals surface area (Å²) in [5.74, 6) is 1.74. The second-order valence-electron chi connectivity index (χ2n) is 4.29. The van der Waals surface area contributed by atoms with Crippen molar-refractivity contribution in [2.45, 2.75) is 31.9 Å². The minimum atomic E-state index is 0.293. The van der Waals surface area contributed by atoms with Gasteiger partial charge in [-0.2, -0.15) is 0 Å². The first-order valence-electron chi connectivity index (χ1n) is 6.02. The van der Waals surface area contributed by atoms with Crippen LogP contribution in [0.3, 0.4) is 0 Å². The first-order chi connectivity index (χ1) is 8.25. The van der Waals surface area contributed by atoms with Crippen LogP contribution in [-0.4, -0.2) is 34.6 Å². The highest BCUT2D eigenvalue weighted by molar-refractivity contribution is 7.99. The van der Waals surface area contributed by atoms with E-state index >= 15 is 0 Å². The van der Waals surface area contributed by atoms with Gasteiger partial charge in [-0.1, -0.05) is 0 Å². The number of aryl methyl sites for hydroxylation is 1. The highest BCUT2D eigenvalue weighted by Gasteiger charge is 2.16. The molecule has 2 rings (SSSR count). The third kappa shape index (κ3) is 4.00. The number of piperidine rings is 1. The van der Waals surface area contributed by atoms with Gasteiger partial charge in [0, 0.05) is 24.2 Å². The number of hydrogen-bond donors (Lipinski definition) is 0. The Balaban J connectivity index is 1.69. The maximum absolute atomic E-state index is 11.9. The van der Waals surface area contributed by atoms with Gasteiger partial charge in [0.05, 0.1) is 16.5 Å². The van der Waals surface area contributed by atoms with Crippen LogP contribution in [0.25, 0.3) is 0 Å². The fourth-order valence-corrected chi connectivity index (χ4v) is 3.49. The predicted molar refractivity (Wildman–Crippen MR) is 73.4 cm³/mol. The largest absolute Gasteiger partial charge is 0.342 e. The first-order valence-corrected chi connectivity index (χ1v) is 8.05. The van der Waals surface area contributed by atoms with Gasteiger partial charge in [0.1, 0.15) is 0 Å². The normalized spacial score (nSPS) is 16.2.